The molecule has 218 valence electrons. The minimum Gasteiger partial charge on any atom is -0.444 e. The van der Waals surface area contributed by atoms with E-state index in [-0.39, 0.29) is 33.6 Å². The number of carbonyl (C=O) groups excluding carboxylic acids is 2. The van der Waals surface area contributed by atoms with E-state index in [1.54, 1.807) is 34.6 Å². The molecule has 2 aliphatic rings. The Balaban J connectivity index is 1.77. The largest absolute Gasteiger partial charge is 0.444 e. The number of nitrogens with one attached hydrogen (secondary N) is 2. The lowest BCUT2D eigenvalue weighted by atomic mass is 9.89. The van der Waals surface area contributed by atoms with Gasteiger partial charge in [0.15, 0.2) is 5.69 Å². The van der Waals surface area contributed by atoms with Crippen molar-refractivity contribution in [2.24, 2.45) is 9.36 Å². The molecule has 0 aliphatic carbocycles. The second-order valence-corrected chi connectivity index (χ2v) is 14.4. The van der Waals surface area contributed by atoms with Crippen molar-refractivity contribution in [2.75, 3.05) is 11.9 Å². The van der Waals surface area contributed by atoms with Gasteiger partial charge in [-0.05, 0) is 60.1 Å². The smallest absolute Gasteiger partial charge is 0.413 e. The van der Waals surface area contributed by atoms with Gasteiger partial charge in [0.2, 0.25) is 0 Å². The number of hydrogen-bond donors (Lipinski definition) is 2. The van der Waals surface area contributed by atoms with Crippen LogP contribution in [-0.4, -0.2) is 59.0 Å². The van der Waals surface area contributed by atoms with Crippen molar-refractivity contribution in [1.82, 2.24) is 20.1 Å². The molecule has 2 amide bonds. The number of ether oxygens (including phenoxy) is 1. The maximum atomic E-state index is 15.4. The van der Waals surface area contributed by atoms with Crippen LogP contribution in [0.1, 0.15) is 70.7 Å². The first-order valence-electron chi connectivity index (χ1n) is 12.2. The van der Waals surface area contributed by atoms with E-state index in [2.05, 4.69) is 25.1 Å². The van der Waals surface area contributed by atoms with Crippen molar-refractivity contribution in [3.8, 4) is 0 Å². The van der Waals surface area contributed by atoms with Gasteiger partial charge in [-0.15, -0.1) is 0 Å². The normalized spacial score (nSPS) is 25.6. The van der Waals surface area contributed by atoms with Crippen molar-refractivity contribution >= 4 is 45.0 Å². The first kappa shape index (κ1) is 29.8. The van der Waals surface area contributed by atoms with Crippen LogP contribution >= 0.6 is 11.6 Å². The van der Waals surface area contributed by atoms with Crippen molar-refractivity contribution in [1.29, 1.82) is 0 Å². The van der Waals surface area contributed by atoms with Gasteiger partial charge in [-0.1, -0.05) is 11.6 Å². The Morgan fingerprint density at radius 3 is 2.50 bits per heavy atom. The number of amides is 2. The number of rotatable bonds is 4. The van der Waals surface area contributed by atoms with Gasteiger partial charge in [0.1, 0.15) is 39.1 Å². The average molecular weight is 604 g/mol. The fourth-order valence-corrected chi connectivity index (χ4v) is 8.09. The van der Waals surface area contributed by atoms with Gasteiger partial charge in [0.25, 0.3) is 5.91 Å². The van der Waals surface area contributed by atoms with E-state index >= 15 is 4.39 Å². The summed E-state index contributed by atoms with van der Waals surface area (Å²) in [4.78, 5) is 34.4. The molecule has 2 aromatic rings. The summed E-state index contributed by atoms with van der Waals surface area (Å²) < 4.78 is 64.5. The lowest BCUT2D eigenvalue weighted by Gasteiger charge is -2.44. The third-order valence-corrected chi connectivity index (χ3v) is 10.6. The van der Waals surface area contributed by atoms with Gasteiger partial charge in [-0.3, -0.25) is 15.1 Å². The fourth-order valence-electron chi connectivity index (χ4n) is 4.69. The first-order chi connectivity index (χ1) is 18.4. The molecule has 0 fully saturated rings. The second kappa shape index (κ2) is 10.0. The van der Waals surface area contributed by atoms with Crippen molar-refractivity contribution in [3.05, 3.63) is 40.6 Å². The molecule has 2 N–H and O–H groups in total. The third-order valence-electron chi connectivity index (χ3n) is 6.62. The molecule has 0 radical (unpaired) electrons. The third kappa shape index (κ3) is 5.16. The predicted octanol–water partition coefficient (Wildman–Crippen LogP) is 4.89. The van der Waals surface area contributed by atoms with Crippen molar-refractivity contribution in [3.63, 3.8) is 0 Å². The van der Waals surface area contributed by atoms with Gasteiger partial charge in [-0.25, -0.2) is 27.4 Å². The lowest BCUT2D eigenvalue weighted by Crippen LogP contribution is -2.61. The summed E-state index contributed by atoms with van der Waals surface area (Å²) >= 11 is 5.89. The van der Waals surface area contributed by atoms with Crippen LogP contribution in [0.2, 0.25) is 5.02 Å². The average Bonchev–Trinajstić information content (AvgIpc) is 3.42. The maximum absolute atomic E-state index is 15.4. The Morgan fingerprint density at radius 2 is 1.90 bits per heavy atom. The molecule has 3 atom stereocenters. The molecule has 16 heteroatoms. The number of nitrogens with zero attached hydrogens (tertiary/aromatic N) is 5. The Kier molecular flexibility index (Phi) is 7.45. The number of fused-ring (bicyclic) bond motifs is 1. The summed E-state index contributed by atoms with van der Waals surface area (Å²) in [7, 11) is -3.15. The fraction of sp³-hybridized carbons (Fsp3) is 0.542. The van der Waals surface area contributed by atoms with Crippen LogP contribution in [0, 0.1) is 5.82 Å². The van der Waals surface area contributed by atoms with Gasteiger partial charge in [0.05, 0.1) is 26.2 Å². The van der Waals surface area contributed by atoms with Crippen LogP contribution in [-0.2, 0) is 20.0 Å². The molecule has 4 rings (SSSR count). The highest BCUT2D eigenvalue weighted by Gasteiger charge is 2.58. The summed E-state index contributed by atoms with van der Waals surface area (Å²) in [6, 6.07) is 2.19. The number of carbonyl (C=O) groups is 2. The monoisotopic (exact) mass is 603 g/mol. The highest BCUT2D eigenvalue weighted by atomic mass is 35.5. The summed E-state index contributed by atoms with van der Waals surface area (Å²) in [6.45, 7) is 7.04. The van der Waals surface area contributed by atoms with E-state index in [1.165, 1.54) is 6.92 Å². The summed E-state index contributed by atoms with van der Waals surface area (Å²) in [5.74, 6) is -1.95. The van der Waals surface area contributed by atoms with Crippen LogP contribution in [0.5, 0.6) is 0 Å². The standard InChI is InChI=1S/C24H29ClF3N7O4S/c1-22(2,3)39-21(37)32-19-23(4,5)40(38)14(9-10-29-40)24(6,33-19)17-13(26)7-8-15(30-17)31-18(36)16-12(25)11-35(34-16)20(27)28/h7-8,11,14,20H,9-10H2,1-6H3,(H,30,31,36)(H,32,33,37)/t14-,24-,40+/m0/s1. The van der Waals surface area contributed by atoms with Gasteiger partial charge >= 0.3 is 12.6 Å². The number of aliphatic imine (C=N–C) groups is 1. The number of halogens is 4. The van der Waals surface area contributed by atoms with E-state index in [0.29, 0.717) is 6.42 Å². The van der Waals surface area contributed by atoms with E-state index in [1.807, 2.05) is 0 Å². The van der Waals surface area contributed by atoms with Gasteiger partial charge in [0, 0.05) is 6.54 Å². The minimum absolute atomic E-state index is 0.0175. The van der Waals surface area contributed by atoms with Gasteiger partial charge < -0.3 is 10.1 Å². The maximum Gasteiger partial charge on any atom is 0.413 e. The lowest BCUT2D eigenvalue weighted by molar-refractivity contribution is 0.0553. The highest BCUT2D eigenvalue weighted by Crippen LogP contribution is 2.47. The topological polar surface area (TPSA) is 140 Å². The molecule has 4 heterocycles. The van der Waals surface area contributed by atoms with Crippen LogP contribution < -0.4 is 10.6 Å². The van der Waals surface area contributed by atoms with Crippen LogP contribution in [0.15, 0.2) is 27.7 Å². The zero-order valence-electron chi connectivity index (χ0n) is 22.6. The minimum atomic E-state index is -3.15. The molecule has 40 heavy (non-hydrogen) atoms. The number of pyridine rings is 1. The quantitative estimate of drug-likeness (QED) is 0.510. The molecular weight excluding hydrogens is 575 g/mol. The Morgan fingerprint density at radius 1 is 1.23 bits per heavy atom. The predicted molar refractivity (Wildman–Crippen MR) is 143 cm³/mol. The van der Waals surface area contributed by atoms with Crippen LogP contribution in [0.25, 0.3) is 0 Å². The summed E-state index contributed by atoms with van der Waals surface area (Å²) in [6.07, 6.45) is 0.264. The van der Waals surface area contributed by atoms with Crippen LogP contribution in [0.4, 0.5) is 23.8 Å². The molecule has 0 bridgehead atoms. The number of anilines is 1. The molecule has 0 saturated carbocycles. The Bertz CT molecular complexity index is 1530. The van der Waals surface area contributed by atoms with Crippen molar-refractivity contribution < 1.29 is 31.7 Å². The van der Waals surface area contributed by atoms with Gasteiger partial charge in [-0.2, -0.15) is 13.9 Å². The molecule has 0 unspecified atom stereocenters. The van der Waals surface area contributed by atoms with Crippen molar-refractivity contribution in [2.45, 2.75) is 75.6 Å². The zero-order chi connectivity index (χ0) is 29.8. The van der Waals surface area contributed by atoms with E-state index in [4.69, 9.17) is 21.3 Å². The molecular formula is C24H29ClF3N7O4S. The molecule has 0 saturated heterocycles. The number of alkyl carbamates (subject to hydrolysis) is 1. The number of hydrogen-bond acceptors (Lipinski definition) is 8. The number of aromatic nitrogens is 3. The summed E-state index contributed by atoms with van der Waals surface area (Å²) in [5.41, 5.74) is -3.16. The zero-order valence-corrected chi connectivity index (χ0v) is 24.2. The highest BCUT2D eigenvalue weighted by molar-refractivity contribution is 7.96. The second-order valence-electron chi connectivity index (χ2n) is 11.0. The molecule has 2 aliphatic heterocycles. The first-order valence-corrected chi connectivity index (χ1v) is 14.2. The SMILES string of the molecule is CC(C)(C)OC(=O)NC1=N[C@](C)(c2nc(NC(=O)c3nn(C(F)F)cc3Cl)ccc2F)[C@@H]2CCN=[S@]2(=O)C1(C)C. The van der Waals surface area contributed by atoms with Crippen LogP contribution in [0.3, 0.4) is 0 Å². The molecule has 0 spiro atoms. The summed E-state index contributed by atoms with van der Waals surface area (Å²) in [5, 5.41) is 7.32. The van der Waals surface area contributed by atoms with E-state index in [9.17, 15) is 22.6 Å². The molecule has 2 aromatic heterocycles. The number of amidine groups is 1. The van der Waals surface area contributed by atoms with E-state index < -0.39 is 60.9 Å². The molecule has 11 nitrogen and oxygen atoms in total. The Hall–Kier alpha value is -3.20. The Labute approximate surface area is 234 Å². The number of alkyl halides is 2. The molecule has 0 aromatic carbocycles. The van der Waals surface area contributed by atoms with E-state index in [0.717, 1.165) is 18.3 Å².